The molecule has 0 bridgehead atoms. The Balaban J connectivity index is 3.12. The lowest BCUT2D eigenvalue weighted by atomic mass is 10.6. The fraction of sp³-hybridized carbons (Fsp3) is 0. The molecule has 2 N–H and O–H groups in total. The highest BCUT2D eigenvalue weighted by Gasteiger charge is 1.74. The van der Waals surface area contributed by atoms with Crippen LogP contribution in [0.2, 0.25) is 0 Å². The summed E-state index contributed by atoms with van der Waals surface area (Å²) in [4.78, 5) is 0. The van der Waals surface area contributed by atoms with E-state index in [0.29, 0.717) is 5.42 Å². The van der Waals surface area contributed by atoms with Crippen molar-refractivity contribution in [3.8, 4) is 0 Å². The van der Waals surface area contributed by atoms with Crippen molar-refractivity contribution in [2.75, 3.05) is 5.73 Å². The normalized spacial score (nSPS) is 9.50. The minimum absolute atomic E-state index is 0.123. The van der Waals surface area contributed by atoms with Gasteiger partial charge in [-0.2, -0.15) is 0 Å². The first-order chi connectivity index (χ1) is 3.89. The van der Waals surface area contributed by atoms with Gasteiger partial charge in [0.15, 0.2) is 0 Å². The topological polar surface area (TPSA) is 52.3 Å². The second-order valence-electron chi connectivity index (χ2n) is 1.23. The van der Waals surface area contributed by atoms with Crippen LogP contribution in [0.25, 0.3) is 0 Å². The Morgan fingerprint density at radius 2 is 2.50 bits per heavy atom. The molecule has 44 valence electrons. The van der Waals surface area contributed by atoms with E-state index in [4.69, 9.17) is 5.73 Å². The maximum absolute atomic E-state index is 5.35. The van der Waals surface area contributed by atoms with Gasteiger partial charge in [0.05, 0.1) is 5.42 Å². The molecule has 0 spiro atoms. The molecular weight excluding hydrogens is 125 g/mol. The van der Waals surface area contributed by atoms with Crippen molar-refractivity contribution in [3.05, 3.63) is 18.4 Å². The summed E-state index contributed by atoms with van der Waals surface area (Å²) in [5, 5.41) is 0. The molecule has 1 aromatic rings. The zero-order valence-corrected chi connectivity index (χ0v) is 5.13. The molecule has 8 heavy (non-hydrogen) atoms. The monoisotopic (exact) mass is 131 g/mol. The van der Waals surface area contributed by atoms with Crippen molar-refractivity contribution in [3.63, 3.8) is 0 Å². The molecule has 0 amide bonds. The van der Waals surface area contributed by atoms with Gasteiger partial charge < -0.3 is 5.73 Å². The number of nitrogen functional groups attached to an aromatic ring is 1. The third kappa shape index (κ3) is 1.35. The number of rotatable bonds is 0. The molecular formula is C4H6NO2P. The average molecular weight is 131 g/mol. The zero-order valence-electron chi connectivity index (χ0n) is 4.13. The maximum Gasteiger partial charge on any atom is 0.143 e. The van der Waals surface area contributed by atoms with Crippen LogP contribution in [0.1, 0.15) is 0 Å². The van der Waals surface area contributed by atoms with Crippen LogP contribution in [0.15, 0.2) is 27.3 Å². The van der Waals surface area contributed by atoms with Gasteiger partial charge in [0.25, 0.3) is 0 Å². The molecule has 1 unspecified atom stereocenters. The summed E-state index contributed by atoms with van der Waals surface area (Å²) in [5.41, 5.74) is 6.05. The quantitative estimate of drug-likeness (QED) is 0.544. The van der Waals surface area contributed by atoms with Gasteiger partial charge in [-0.05, 0) is 12.1 Å². The molecule has 1 rings (SSSR count). The van der Waals surface area contributed by atoms with Crippen LogP contribution >= 0.6 is 8.43 Å². The van der Waals surface area contributed by atoms with E-state index in [1.54, 1.807) is 12.1 Å². The predicted molar refractivity (Wildman–Crippen MR) is 32.5 cm³/mol. The summed E-state index contributed by atoms with van der Waals surface area (Å²) in [6.45, 7) is 0. The summed E-state index contributed by atoms with van der Waals surface area (Å²) in [5.74, 6) is 0. The molecule has 0 fully saturated rings. The number of hydrogen-bond acceptors (Lipinski definition) is 3. The average Bonchev–Trinajstić information content (AvgIpc) is 1.94. The first-order valence-electron chi connectivity index (χ1n) is 2.10. The molecule has 0 aliphatic rings. The molecule has 1 heterocycles. The first-order valence-corrected chi connectivity index (χ1v) is 3.01. The molecule has 0 aliphatic carbocycles. The highest BCUT2D eigenvalue weighted by molar-refractivity contribution is 7.27. The molecule has 0 radical (unpaired) electrons. The molecule has 1 atom stereocenters. The van der Waals surface area contributed by atoms with Crippen LogP contribution in [0, 0.1) is 0 Å². The first kappa shape index (κ1) is 5.32. The minimum atomic E-state index is 0.123. The summed E-state index contributed by atoms with van der Waals surface area (Å²) in [6, 6.07) is 3.43. The fourth-order valence-corrected chi connectivity index (χ4v) is 0.673. The van der Waals surface area contributed by atoms with Crippen LogP contribution < -0.4 is 5.73 Å². The van der Waals surface area contributed by atoms with E-state index in [-0.39, 0.29) is 8.43 Å². The number of hydrogen-bond donors (Lipinski definition) is 1. The van der Waals surface area contributed by atoms with Crippen molar-refractivity contribution in [2.24, 2.45) is 0 Å². The predicted octanol–water partition coefficient (Wildman–Crippen LogP) is 1.61. The van der Waals surface area contributed by atoms with Crippen molar-refractivity contribution in [2.45, 2.75) is 0 Å². The highest BCUT2D eigenvalue weighted by Crippen LogP contribution is 2.11. The third-order valence-electron chi connectivity index (χ3n) is 0.618. The number of nitrogens with two attached hydrogens (primary N) is 1. The number of anilines is 1. The lowest BCUT2D eigenvalue weighted by Crippen LogP contribution is -1.73. The van der Waals surface area contributed by atoms with Gasteiger partial charge in [0.2, 0.25) is 0 Å². The van der Waals surface area contributed by atoms with Gasteiger partial charge in [-0.25, -0.2) is 0 Å². The molecule has 3 nitrogen and oxygen atoms in total. The lowest BCUT2D eigenvalue weighted by Gasteiger charge is -1.74. The van der Waals surface area contributed by atoms with Crippen LogP contribution in [0.3, 0.4) is 0 Å². The third-order valence-corrected chi connectivity index (χ3v) is 1.20. The van der Waals surface area contributed by atoms with Crippen molar-refractivity contribution in [1.29, 1.82) is 0 Å². The molecule has 0 saturated heterocycles. The smallest absolute Gasteiger partial charge is 0.143 e. The van der Waals surface area contributed by atoms with E-state index in [1.807, 2.05) is 0 Å². The van der Waals surface area contributed by atoms with E-state index in [0.717, 1.165) is 0 Å². The van der Waals surface area contributed by atoms with E-state index in [1.165, 1.54) is 6.26 Å². The van der Waals surface area contributed by atoms with Gasteiger partial charge in [0, 0.05) is 0 Å². The Morgan fingerprint density at radius 3 is 3.38 bits per heavy atom. The Bertz CT molecular complexity index is 168. The Kier molecular flexibility index (Phi) is 1.65. The Labute approximate surface area is 47.9 Å². The largest absolute Gasteiger partial charge is 0.393 e. The second kappa shape index (κ2) is 2.48. The van der Waals surface area contributed by atoms with Crippen LogP contribution in [0.4, 0.5) is 5.42 Å². The van der Waals surface area contributed by atoms with Crippen LogP contribution in [-0.4, -0.2) is 0 Å². The van der Waals surface area contributed by atoms with E-state index >= 15 is 0 Å². The summed E-state index contributed by atoms with van der Waals surface area (Å²) in [6.07, 6.45) is 1.44. The van der Waals surface area contributed by atoms with E-state index in [2.05, 4.69) is 8.93 Å². The summed E-state index contributed by atoms with van der Waals surface area (Å²) >= 11 is 0. The molecule has 0 saturated carbocycles. The maximum atomic E-state index is 5.35. The summed E-state index contributed by atoms with van der Waals surface area (Å²) < 4.78 is 9.02. The van der Waals surface area contributed by atoms with E-state index < -0.39 is 0 Å². The molecule has 1 aromatic heterocycles. The van der Waals surface area contributed by atoms with E-state index in [9.17, 15) is 0 Å². The van der Waals surface area contributed by atoms with Gasteiger partial charge >= 0.3 is 0 Å². The standard InChI is InChI=1S/C4H6NO2P/c5-4-2-1-3-6-7-8-4/h1-3,8H,5H2. The Morgan fingerprint density at radius 1 is 1.62 bits per heavy atom. The van der Waals surface area contributed by atoms with Crippen LogP contribution in [-0.2, 0) is 0 Å². The van der Waals surface area contributed by atoms with Crippen molar-refractivity contribution < 1.29 is 8.93 Å². The van der Waals surface area contributed by atoms with Gasteiger partial charge in [-0.15, -0.1) is 0 Å². The fourth-order valence-electron chi connectivity index (χ4n) is 0.309. The van der Waals surface area contributed by atoms with Gasteiger partial charge in [-0.3, -0.25) is 8.93 Å². The molecule has 0 aromatic carbocycles. The van der Waals surface area contributed by atoms with Crippen molar-refractivity contribution >= 4 is 13.9 Å². The van der Waals surface area contributed by atoms with Gasteiger partial charge in [0.1, 0.15) is 14.7 Å². The Hall–Kier alpha value is -0.820. The summed E-state index contributed by atoms with van der Waals surface area (Å²) in [7, 11) is 0.123. The molecule has 4 heteroatoms. The van der Waals surface area contributed by atoms with Crippen LogP contribution in [0.5, 0.6) is 0 Å². The second-order valence-corrected chi connectivity index (χ2v) is 2.18. The van der Waals surface area contributed by atoms with Gasteiger partial charge in [-0.1, -0.05) is 0 Å². The van der Waals surface area contributed by atoms with Crippen molar-refractivity contribution in [1.82, 2.24) is 0 Å². The SMILES string of the molecule is Nc1cccoo[pH]1. The lowest BCUT2D eigenvalue weighted by molar-refractivity contribution is 0.102. The molecule has 0 aliphatic heterocycles. The minimum Gasteiger partial charge on any atom is -0.393 e. The zero-order chi connectivity index (χ0) is 5.82. The highest BCUT2D eigenvalue weighted by atomic mass is 31.1.